The van der Waals surface area contributed by atoms with Gasteiger partial charge in [0.1, 0.15) is 23.8 Å². The van der Waals surface area contributed by atoms with Crippen molar-refractivity contribution < 1.29 is 18.7 Å². The molecule has 0 N–H and O–H groups in total. The Kier molecular flexibility index (Phi) is 3.61. The third kappa shape index (κ3) is 2.57. The van der Waals surface area contributed by atoms with Crippen molar-refractivity contribution in [3.05, 3.63) is 23.8 Å². The molecular formula is C13H15FO3. The van der Waals surface area contributed by atoms with E-state index in [1.807, 2.05) is 0 Å². The number of carbonyl (C=O) groups excluding carboxylic acids is 1. The molecule has 0 aromatic heterocycles. The summed E-state index contributed by atoms with van der Waals surface area (Å²) in [5.41, 5.74) is 0.421. The molecule has 0 radical (unpaired) electrons. The minimum absolute atomic E-state index is 0.397. The van der Waals surface area contributed by atoms with Gasteiger partial charge in [-0.3, -0.25) is 4.79 Å². The van der Waals surface area contributed by atoms with Crippen LogP contribution < -0.4 is 9.47 Å². The van der Waals surface area contributed by atoms with Crippen LogP contribution in [-0.4, -0.2) is 25.7 Å². The van der Waals surface area contributed by atoms with Gasteiger partial charge in [-0.2, -0.15) is 0 Å². The first-order valence-electron chi connectivity index (χ1n) is 5.68. The third-order valence-corrected chi connectivity index (χ3v) is 3.00. The molecular weight excluding hydrogens is 223 g/mol. The predicted octanol–water partition coefficient (Wildman–Crippen LogP) is 2.78. The summed E-state index contributed by atoms with van der Waals surface area (Å²) < 4.78 is 24.1. The van der Waals surface area contributed by atoms with E-state index in [0.29, 0.717) is 36.2 Å². The molecule has 92 valence electrons. The molecule has 0 spiro atoms. The maximum absolute atomic E-state index is 13.4. The average Bonchev–Trinajstić information content (AvgIpc) is 2.75. The number of methoxy groups -OCH3 is 1. The van der Waals surface area contributed by atoms with Crippen molar-refractivity contribution in [2.24, 2.45) is 0 Å². The van der Waals surface area contributed by atoms with Gasteiger partial charge in [0.25, 0.3) is 0 Å². The number of rotatable bonds is 4. The molecule has 17 heavy (non-hydrogen) atoms. The molecule has 2 rings (SSSR count). The number of halogens is 1. The Labute approximate surface area is 99.5 Å². The summed E-state index contributed by atoms with van der Waals surface area (Å²) in [5, 5.41) is 0. The first-order valence-corrected chi connectivity index (χ1v) is 5.68. The highest BCUT2D eigenvalue weighted by Gasteiger charge is 2.29. The van der Waals surface area contributed by atoms with Crippen LogP contribution in [0.1, 0.15) is 29.6 Å². The first-order chi connectivity index (χ1) is 8.24. The SMILES string of the molecule is COc1ccc(C=O)c(OC2CCCC2F)c1. The summed E-state index contributed by atoms with van der Waals surface area (Å²) >= 11 is 0. The highest BCUT2D eigenvalue weighted by Crippen LogP contribution is 2.30. The summed E-state index contributed by atoms with van der Waals surface area (Å²) in [6, 6.07) is 4.91. The molecule has 1 aliphatic carbocycles. The van der Waals surface area contributed by atoms with Crippen molar-refractivity contribution >= 4 is 6.29 Å². The molecule has 3 nitrogen and oxygen atoms in total. The van der Waals surface area contributed by atoms with Crippen LogP contribution in [-0.2, 0) is 0 Å². The van der Waals surface area contributed by atoms with E-state index in [9.17, 15) is 9.18 Å². The van der Waals surface area contributed by atoms with E-state index in [0.717, 1.165) is 6.42 Å². The van der Waals surface area contributed by atoms with Gasteiger partial charge >= 0.3 is 0 Å². The maximum atomic E-state index is 13.4. The molecule has 0 amide bonds. The molecule has 0 aliphatic heterocycles. The highest BCUT2D eigenvalue weighted by atomic mass is 19.1. The summed E-state index contributed by atoms with van der Waals surface area (Å²) in [5.74, 6) is 0.993. The molecule has 0 saturated heterocycles. The lowest BCUT2D eigenvalue weighted by molar-refractivity contribution is 0.109. The minimum Gasteiger partial charge on any atom is -0.497 e. The number of hydrogen-bond acceptors (Lipinski definition) is 3. The Morgan fingerprint density at radius 2 is 2.24 bits per heavy atom. The maximum Gasteiger partial charge on any atom is 0.153 e. The smallest absolute Gasteiger partial charge is 0.153 e. The lowest BCUT2D eigenvalue weighted by atomic mass is 10.2. The second-order valence-corrected chi connectivity index (χ2v) is 4.12. The fourth-order valence-electron chi connectivity index (χ4n) is 2.02. The van der Waals surface area contributed by atoms with Crippen LogP contribution in [0.5, 0.6) is 11.5 Å². The van der Waals surface area contributed by atoms with Gasteiger partial charge in [0, 0.05) is 6.07 Å². The Hall–Kier alpha value is -1.58. The fraction of sp³-hybridized carbons (Fsp3) is 0.462. The lowest BCUT2D eigenvalue weighted by Crippen LogP contribution is -2.22. The summed E-state index contributed by atoms with van der Waals surface area (Å²) in [4.78, 5) is 10.9. The zero-order valence-electron chi connectivity index (χ0n) is 9.69. The molecule has 4 heteroatoms. The Balaban J connectivity index is 2.20. The van der Waals surface area contributed by atoms with E-state index < -0.39 is 12.3 Å². The second kappa shape index (κ2) is 5.17. The normalized spacial score (nSPS) is 23.4. The van der Waals surface area contributed by atoms with Crippen molar-refractivity contribution in [3.8, 4) is 11.5 Å². The van der Waals surface area contributed by atoms with E-state index in [4.69, 9.17) is 9.47 Å². The standard InChI is InChI=1S/C13H15FO3/c1-16-10-6-5-9(8-15)13(7-10)17-12-4-2-3-11(12)14/h5-8,11-12H,2-4H2,1H3. The van der Waals surface area contributed by atoms with Crippen molar-refractivity contribution in [1.82, 2.24) is 0 Å². The van der Waals surface area contributed by atoms with Crippen molar-refractivity contribution in [2.45, 2.75) is 31.5 Å². The fourth-order valence-corrected chi connectivity index (χ4v) is 2.02. The largest absolute Gasteiger partial charge is 0.497 e. The number of hydrogen-bond donors (Lipinski definition) is 0. The molecule has 1 aromatic carbocycles. The van der Waals surface area contributed by atoms with E-state index in [2.05, 4.69) is 0 Å². The van der Waals surface area contributed by atoms with E-state index in [1.54, 1.807) is 18.2 Å². The average molecular weight is 238 g/mol. The predicted molar refractivity (Wildman–Crippen MR) is 61.5 cm³/mol. The molecule has 1 saturated carbocycles. The van der Waals surface area contributed by atoms with Gasteiger partial charge in [-0.15, -0.1) is 0 Å². The van der Waals surface area contributed by atoms with Crippen LogP contribution in [0.15, 0.2) is 18.2 Å². The van der Waals surface area contributed by atoms with Crippen molar-refractivity contribution in [3.63, 3.8) is 0 Å². The van der Waals surface area contributed by atoms with Crippen LogP contribution in [0.25, 0.3) is 0 Å². The van der Waals surface area contributed by atoms with Crippen molar-refractivity contribution in [2.75, 3.05) is 7.11 Å². The van der Waals surface area contributed by atoms with Crippen LogP contribution in [0, 0.1) is 0 Å². The van der Waals surface area contributed by atoms with Crippen LogP contribution in [0.4, 0.5) is 4.39 Å². The molecule has 0 bridgehead atoms. The third-order valence-electron chi connectivity index (χ3n) is 3.00. The lowest BCUT2D eigenvalue weighted by Gasteiger charge is -2.17. The Bertz CT molecular complexity index is 406. The van der Waals surface area contributed by atoms with E-state index >= 15 is 0 Å². The molecule has 1 aliphatic rings. The minimum atomic E-state index is -0.944. The Morgan fingerprint density at radius 3 is 2.82 bits per heavy atom. The Morgan fingerprint density at radius 1 is 1.41 bits per heavy atom. The van der Waals surface area contributed by atoms with E-state index in [1.165, 1.54) is 7.11 Å². The zero-order valence-corrected chi connectivity index (χ0v) is 9.69. The van der Waals surface area contributed by atoms with Crippen LogP contribution in [0.2, 0.25) is 0 Å². The molecule has 1 fully saturated rings. The molecule has 0 heterocycles. The summed E-state index contributed by atoms with van der Waals surface area (Å²) in [6.45, 7) is 0. The van der Waals surface area contributed by atoms with Gasteiger partial charge in [-0.1, -0.05) is 0 Å². The quantitative estimate of drug-likeness (QED) is 0.757. The van der Waals surface area contributed by atoms with Gasteiger partial charge < -0.3 is 9.47 Å². The topological polar surface area (TPSA) is 35.5 Å². The highest BCUT2D eigenvalue weighted by molar-refractivity contribution is 5.79. The summed E-state index contributed by atoms with van der Waals surface area (Å²) in [6.07, 6.45) is 1.37. The number of carbonyl (C=O) groups is 1. The number of aldehydes is 1. The van der Waals surface area contributed by atoms with Crippen LogP contribution >= 0.6 is 0 Å². The van der Waals surface area contributed by atoms with Crippen molar-refractivity contribution in [1.29, 1.82) is 0 Å². The summed E-state index contributed by atoms with van der Waals surface area (Å²) in [7, 11) is 1.53. The van der Waals surface area contributed by atoms with Crippen LogP contribution in [0.3, 0.4) is 0 Å². The van der Waals surface area contributed by atoms with E-state index in [-0.39, 0.29) is 0 Å². The van der Waals surface area contributed by atoms with Gasteiger partial charge in [0.15, 0.2) is 6.29 Å². The number of benzene rings is 1. The zero-order chi connectivity index (χ0) is 12.3. The van der Waals surface area contributed by atoms with Gasteiger partial charge in [0.2, 0.25) is 0 Å². The van der Waals surface area contributed by atoms with Gasteiger partial charge in [0.05, 0.1) is 12.7 Å². The van der Waals surface area contributed by atoms with Gasteiger partial charge in [-0.25, -0.2) is 4.39 Å². The van der Waals surface area contributed by atoms with Gasteiger partial charge in [-0.05, 0) is 31.4 Å². The molecule has 2 unspecified atom stereocenters. The number of ether oxygens (including phenoxy) is 2. The monoisotopic (exact) mass is 238 g/mol. The first kappa shape index (κ1) is 11.9. The molecule has 1 aromatic rings. The number of alkyl halides is 1. The second-order valence-electron chi connectivity index (χ2n) is 4.12. The molecule has 2 atom stereocenters.